The summed E-state index contributed by atoms with van der Waals surface area (Å²) < 4.78 is 39.2. The molecule has 0 bridgehead atoms. The normalized spacial score (nSPS) is 11.1. The molecular formula is C32H29ClF2N2O4. The first-order chi connectivity index (χ1) is 19.5. The maximum Gasteiger partial charge on any atom is 0.407 e. The maximum absolute atomic E-state index is 14.4. The Morgan fingerprint density at radius 1 is 0.854 bits per heavy atom. The molecule has 41 heavy (non-hydrogen) atoms. The van der Waals surface area contributed by atoms with Crippen LogP contribution in [0.1, 0.15) is 31.1 Å². The van der Waals surface area contributed by atoms with E-state index in [9.17, 15) is 18.4 Å². The van der Waals surface area contributed by atoms with E-state index in [0.29, 0.717) is 44.3 Å². The van der Waals surface area contributed by atoms with Gasteiger partial charge in [-0.05, 0) is 92.6 Å². The predicted octanol–water partition coefficient (Wildman–Crippen LogP) is 8.11. The number of carbonyl (C=O) groups excluding carboxylic acids is 2. The van der Waals surface area contributed by atoms with Crippen molar-refractivity contribution in [1.82, 2.24) is 5.32 Å². The number of hydrogen-bond donors (Lipinski definition) is 2. The van der Waals surface area contributed by atoms with E-state index in [1.165, 1.54) is 18.2 Å². The molecule has 0 unspecified atom stereocenters. The van der Waals surface area contributed by atoms with Gasteiger partial charge in [-0.1, -0.05) is 35.9 Å². The van der Waals surface area contributed by atoms with Gasteiger partial charge in [0.05, 0.1) is 6.54 Å². The van der Waals surface area contributed by atoms with Gasteiger partial charge in [-0.15, -0.1) is 0 Å². The van der Waals surface area contributed by atoms with Crippen LogP contribution in [-0.2, 0) is 4.74 Å². The number of nitrogens with one attached hydrogen (secondary N) is 2. The number of halogens is 3. The fourth-order valence-corrected chi connectivity index (χ4v) is 4.13. The van der Waals surface area contributed by atoms with E-state index in [0.717, 1.165) is 0 Å². The number of carbonyl (C=O) groups is 2. The van der Waals surface area contributed by atoms with Crippen LogP contribution in [0.4, 0.5) is 19.3 Å². The van der Waals surface area contributed by atoms with Crippen LogP contribution in [0, 0.1) is 11.6 Å². The van der Waals surface area contributed by atoms with Crippen molar-refractivity contribution in [3.8, 4) is 28.0 Å². The lowest BCUT2D eigenvalue weighted by molar-refractivity contribution is 0.0520. The van der Waals surface area contributed by atoms with Crippen LogP contribution in [0.3, 0.4) is 0 Å². The molecule has 0 spiro atoms. The van der Waals surface area contributed by atoms with Gasteiger partial charge in [0.15, 0.2) is 0 Å². The van der Waals surface area contributed by atoms with Gasteiger partial charge in [0.25, 0.3) is 5.91 Å². The van der Waals surface area contributed by atoms with Crippen molar-refractivity contribution >= 4 is 29.3 Å². The molecule has 0 heterocycles. The molecule has 4 aromatic carbocycles. The van der Waals surface area contributed by atoms with Crippen molar-refractivity contribution in [2.24, 2.45) is 0 Å². The third-order valence-corrected chi connectivity index (χ3v) is 6.02. The topological polar surface area (TPSA) is 76.7 Å². The quantitative estimate of drug-likeness (QED) is 0.207. The molecule has 0 aliphatic heterocycles. The lowest BCUT2D eigenvalue weighted by atomic mass is 10.0. The highest BCUT2D eigenvalue weighted by molar-refractivity contribution is 6.30. The molecule has 2 amide bonds. The van der Waals surface area contributed by atoms with Crippen LogP contribution >= 0.6 is 11.6 Å². The lowest BCUT2D eigenvalue weighted by Crippen LogP contribution is -2.34. The summed E-state index contributed by atoms with van der Waals surface area (Å²) in [6.07, 6.45) is -0.560. The Balaban J connectivity index is 1.52. The van der Waals surface area contributed by atoms with Crippen LogP contribution in [0.2, 0.25) is 5.02 Å². The molecular weight excluding hydrogens is 550 g/mol. The molecule has 0 atom stereocenters. The summed E-state index contributed by atoms with van der Waals surface area (Å²) in [6.45, 7) is 5.63. The number of rotatable bonds is 8. The third-order valence-electron chi connectivity index (χ3n) is 5.79. The second kappa shape index (κ2) is 12.8. The summed E-state index contributed by atoms with van der Waals surface area (Å²) in [6, 6.07) is 21.9. The summed E-state index contributed by atoms with van der Waals surface area (Å²) in [7, 11) is 0. The number of benzene rings is 4. The molecule has 0 aliphatic rings. The lowest BCUT2D eigenvalue weighted by Gasteiger charge is -2.20. The zero-order valence-electron chi connectivity index (χ0n) is 22.8. The fourth-order valence-electron chi connectivity index (χ4n) is 3.97. The van der Waals surface area contributed by atoms with E-state index in [1.54, 1.807) is 87.5 Å². The van der Waals surface area contributed by atoms with Gasteiger partial charge in [-0.25, -0.2) is 13.6 Å². The molecule has 9 heteroatoms. The second-order valence-electron chi connectivity index (χ2n) is 10.2. The van der Waals surface area contributed by atoms with E-state index in [4.69, 9.17) is 21.1 Å². The summed E-state index contributed by atoms with van der Waals surface area (Å²) in [5.41, 5.74) is 2.30. The molecule has 0 aliphatic carbocycles. The Hall–Kier alpha value is -4.43. The molecule has 0 fully saturated rings. The Labute approximate surface area is 242 Å². The number of amides is 2. The van der Waals surface area contributed by atoms with Crippen molar-refractivity contribution in [1.29, 1.82) is 0 Å². The number of anilines is 1. The molecule has 4 rings (SSSR count). The van der Waals surface area contributed by atoms with E-state index in [2.05, 4.69) is 10.6 Å². The monoisotopic (exact) mass is 578 g/mol. The first-order valence-electron chi connectivity index (χ1n) is 12.8. The highest BCUT2D eigenvalue weighted by Crippen LogP contribution is 2.32. The highest BCUT2D eigenvalue weighted by Gasteiger charge is 2.17. The van der Waals surface area contributed by atoms with Crippen LogP contribution in [0.15, 0.2) is 84.9 Å². The first-order valence-corrected chi connectivity index (χ1v) is 13.2. The standard InChI is InChI=1S/C32H29ClF2N2O4/c1-32(2,3)41-31(39)36-15-16-40-29-14-9-22(18-27(29)20-7-11-24(34)12-8-20)30(38)37-25-6-4-5-21(17-25)26-13-10-23(33)19-28(26)35/h4-14,17-19H,15-16H2,1-3H3,(H,36,39)(H,37,38). The van der Waals surface area contributed by atoms with Crippen molar-refractivity contribution in [3.05, 3.63) is 107 Å². The zero-order chi connectivity index (χ0) is 29.6. The Kier molecular flexibility index (Phi) is 9.24. The van der Waals surface area contributed by atoms with Gasteiger partial charge in [-0.2, -0.15) is 0 Å². The van der Waals surface area contributed by atoms with Gasteiger partial charge in [0.2, 0.25) is 0 Å². The molecule has 4 aromatic rings. The van der Waals surface area contributed by atoms with Gasteiger partial charge < -0.3 is 20.1 Å². The zero-order valence-corrected chi connectivity index (χ0v) is 23.5. The second-order valence-corrected chi connectivity index (χ2v) is 10.6. The Bertz CT molecular complexity index is 1550. The number of ether oxygens (including phenoxy) is 2. The number of alkyl carbamates (subject to hydrolysis) is 1. The molecule has 0 saturated heterocycles. The van der Waals surface area contributed by atoms with Crippen molar-refractivity contribution in [3.63, 3.8) is 0 Å². The van der Waals surface area contributed by atoms with Gasteiger partial charge in [0, 0.05) is 27.4 Å². The first kappa shape index (κ1) is 29.6. The molecule has 212 valence electrons. The highest BCUT2D eigenvalue weighted by atomic mass is 35.5. The van der Waals surface area contributed by atoms with Crippen molar-refractivity contribution in [2.75, 3.05) is 18.5 Å². The van der Waals surface area contributed by atoms with Crippen LogP contribution in [0.25, 0.3) is 22.3 Å². The van der Waals surface area contributed by atoms with E-state index >= 15 is 0 Å². The average molecular weight is 579 g/mol. The maximum atomic E-state index is 14.4. The summed E-state index contributed by atoms with van der Waals surface area (Å²) in [4.78, 5) is 25.1. The smallest absolute Gasteiger partial charge is 0.407 e. The van der Waals surface area contributed by atoms with E-state index < -0.39 is 29.2 Å². The SMILES string of the molecule is CC(C)(C)OC(=O)NCCOc1ccc(C(=O)Nc2cccc(-c3ccc(Cl)cc3F)c2)cc1-c1ccc(F)cc1. The summed E-state index contributed by atoms with van der Waals surface area (Å²) >= 11 is 5.87. The van der Waals surface area contributed by atoms with Gasteiger partial charge in [-0.3, -0.25) is 4.79 Å². The molecule has 6 nitrogen and oxygen atoms in total. The minimum atomic E-state index is -0.621. The van der Waals surface area contributed by atoms with Crippen LogP contribution in [0.5, 0.6) is 5.75 Å². The molecule has 2 N–H and O–H groups in total. The summed E-state index contributed by atoms with van der Waals surface area (Å²) in [5, 5.41) is 5.76. The number of hydrogen-bond acceptors (Lipinski definition) is 4. The van der Waals surface area contributed by atoms with Crippen LogP contribution in [-0.4, -0.2) is 30.8 Å². The van der Waals surface area contributed by atoms with Gasteiger partial charge in [0.1, 0.15) is 29.6 Å². The minimum absolute atomic E-state index is 0.132. The van der Waals surface area contributed by atoms with Crippen molar-refractivity contribution in [2.45, 2.75) is 26.4 Å². The van der Waals surface area contributed by atoms with Gasteiger partial charge >= 0.3 is 6.09 Å². The third kappa shape index (κ3) is 8.28. The summed E-state index contributed by atoms with van der Waals surface area (Å²) in [5.74, 6) is -0.829. The minimum Gasteiger partial charge on any atom is -0.491 e. The predicted molar refractivity (Wildman–Crippen MR) is 156 cm³/mol. The molecule has 0 radical (unpaired) electrons. The van der Waals surface area contributed by atoms with E-state index in [-0.39, 0.29) is 13.2 Å². The molecule has 0 aromatic heterocycles. The van der Waals surface area contributed by atoms with Crippen molar-refractivity contribution < 1.29 is 27.8 Å². The van der Waals surface area contributed by atoms with Crippen LogP contribution < -0.4 is 15.4 Å². The Morgan fingerprint density at radius 3 is 2.32 bits per heavy atom. The fraction of sp³-hybridized carbons (Fsp3) is 0.188. The molecule has 0 saturated carbocycles. The average Bonchev–Trinajstić information content (AvgIpc) is 2.91. The Morgan fingerprint density at radius 2 is 1.61 bits per heavy atom. The van der Waals surface area contributed by atoms with E-state index in [1.807, 2.05) is 0 Å². The largest absolute Gasteiger partial charge is 0.491 e.